The first-order valence-corrected chi connectivity index (χ1v) is 7.23. The molecule has 0 aliphatic heterocycles. The van der Waals surface area contributed by atoms with Crippen molar-refractivity contribution >= 4 is 16.9 Å². The number of carbonyl (C=O) groups excluding carboxylic acids is 1. The molecule has 0 aliphatic rings. The van der Waals surface area contributed by atoms with Gasteiger partial charge < -0.3 is 9.72 Å². The minimum atomic E-state index is -0.499. The highest BCUT2D eigenvalue weighted by molar-refractivity contribution is 6.07. The summed E-state index contributed by atoms with van der Waals surface area (Å²) in [5, 5.41) is 0.356. The molecular weight excluding hydrogens is 294 g/mol. The van der Waals surface area contributed by atoms with Crippen LogP contribution < -0.4 is 5.56 Å². The molecular formula is C17H15N3O3. The van der Waals surface area contributed by atoms with Gasteiger partial charge >= 0.3 is 5.97 Å². The maximum atomic E-state index is 12.4. The highest BCUT2D eigenvalue weighted by Gasteiger charge is 2.22. The Morgan fingerprint density at radius 1 is 1.35 bits per heavy atom. The fraction of sp³-hybridized carbons (Fsp3) is 0.176. The van der Waals surface area contributed by atoms with Crippen LogP contribution in [0.25, 0.3) is 22.0 Å². The number of fused-ring (bicyclic) bond motifs is 1. The number of nitrogens with one attached hydrogen (secondary N) is 1. The monoisotopic (exact) mass is 309 g/mol. The van der Waals surface area contributed by atoms with E-state index in [0.29, 0.717) is 33.3 Å². The molecule has 0 aliphatic carbocycles. The zero-order valence-corrected chi connectivity index (χ0v) is 12.8. The zero-order chi connectivity index (χ0) is 16.4. The van der Waals surface area contributed by atoms with Gasteiger partial charge in [-0.1, -0.05) is 6.07 Å². The van der Waals surface area contributed by atoms with Crippen LogP contribution in [0.15, 0.2) is 41.6 Å². The van der Waals surface area contributed by atoms with Crippen LogP contribution in [0.1, 0.15) is 23.0 Å². The average Bonchev–Trinajstić information content (AvgIpc) is 2.54. The first-order valence-electron chi connectivity index (χ1n) is 7.23. The van der Waals surface area contributed by atoms with E-state index in [1.54, 1.807) is 44.4 Å². The largest absolute Gasteiger partial charge is 0.462 e. The molecule has 0 aromatic carbocycles. The van der Waals surface area contributed by atoms with Gasteiger partial charge in [-0.05, 0) is 26.0 Å². The molecule has 0 saturated heterocycles. The molecule has 0 spiro atoms. The quantitative estimate of drug-likeness (QED) is 0.751. The van der Waals surface area contributed by atoms with Crippen molar-refractivity contribution in [2.75, 3.05) is 6.61 Å². The van der Waals surface area contributed by atoms with E-state index in [1.165, 1.54) is 6.20 Å². The van der Waals surface area contributed by atoms with Gasteiger partial charge in [0, 0.05) is 29.7 Å². The Bertz CT molecular complexity index is 933. The highest BCUT2D eigenvalue weighted by Crippen LogP contribution is 2.31. The molecule has 0 atom stereocenters. The summed E-state index contributed by atoms with van der Waals surface area (Å²) in [5.41, 5.74) is 2.20. The smallest absolute Gasteiger partial charge is 0.340 e. The van der Waals surface area contributed by atoms with E-state index in [4.69, 9.17) is 4.74 Å². The molecule has 0 amide bonds. The van der Waals surface area contributed by atoms with Gasteiger partial charge in [-0.25, -0.2) is 4.79 Å². The first-order chi connectivity index (χ1) is 11.1. The Balaban J connectivity index is 2.47. The molecule has 1 N–H and O–H groups in total. The third-order valence-corrected chi connectivity index (χ3v) is 3.52. The van der Waals surface area contributed by atoms with Gasteiger partial charge in [-0.3, -0.25) is 14.8 Å². The minimum absolute atomic E-state index is 0.244. The lowest BCUT2D eigenvalue weighted by Crippen LogP contribution is -2.15. The summed E-state index contributed by atoms with van der Waals surface area (Å²) in [7, 11) is 0. The number of nitrogens with zero attached hydrogens (tertiary/aromatic N) is 2. The van der Waals surface area contributed by atoms with Gasteiger partial charge in [-0.15, -0.1) is 0 Å². The van der Waals surface area contributed by atoms with E-state index < -0.39 is 5.97 Å². The van der Waals surface area contributed by atoms with Crippen LogP contribution in [0.4, 0.5) is 0 Å². The van der Waals surface area contributed by atoms with Gasteiger partial charge in [0.1, 0.15) is 0 Å². The number of aromatic amines is 1. The van der Waals surface area contributed by atoms with Gasteiger partial charge in [0.05, 0.1) is 28.8 Å². The van der Waals surface area contributed by atoms with E-state index >= 15 is 0 Å². The summed E-state index contributed by atoms with van der Waals surface area (Å²) in [5.74, 6) is -0.499. The lowest BCUT2D eigenvalue weighted by molar-refractivity contribution is 0.0526. The number of esters is 1. The van der Waals surface area contributed by atoms with Crippen molar-refractivity contribution in [2.45, 2.75) is 13.8 Å². The van der Waals surface area contributed by atoms with Crippen LogP contribution in [0.5, 0.6) is 0 Å². The SMILES string of the molecule is CCOC(=O)c1c(C)nc2cc[nH]c(=O)c2c1-c1cccnc1. The molecule has 6 nitrogen and oxygen atoms in total. The summed E-state index contributed by atoms with van der Waals surface area (Å²) in [6.45, 7) is 3.71. The van der Waals surface area contributed by atoms with Crippen LogP contribution in [0, 0.1) is 6.92 Å². The van der Waals surface area contributed by atoms with Gasteiger partial charge in [0.15, 0.2) is 0 Å². The number of pyridine rings is 3. The molecule has 0 fully saturated rings. The van der Waals surface area contributed by atoms with Crippen molar-refractivity contribution < 1.29 is 9.53 Å². The molecule has 3 heterocycles. The third kappa shape index (κ3) is 2.59. The Labute approximate surface area is 132 Å². The van der Waals surface area contributed by atoms with Crippen molar-refractivity contribution in [3.8, 4) is 11.1 Å². The Kier molecular flexibility index (Phi) is 3.89. The molecule has 0 unspecified atom stereocenters. The van der Waals surface area contributed by atoms with E-state index in [2.05, 4.69) is 15.0 Å². The number of aromatic nitrogens is 3. The number of ether oxygens (including phenoxy) is 1. The highest BCUT2D eigenvalue weighted by atomic mass is 16.5. The number of rotatable bonds is 3. The molecule has 3 aromatic heterocycles. The first kappa shape index (κ1) is 14.9. The van der Waals surface area contributed by atoms with Crippen LogP contribution in [0.3, 0.4) is 0 Å². The lowest BCUT2D eigenvalue weighted by atomic mass is 9.96. The summed E-state index contributed by atoms with van der Waals surface area (Å²) < 4.78 is 5.15. The summed E-state index contributed by atoms with van der Waals surface area (Å²) in [6, 6.07) is 5.26. The van der Waals surface area contributed by atoms with Crippen molar-refractivity contribution in [1.82, 2.24) is 15.0 Å². The minimum Gasteiger partial charge on any atom is -0.462 e. The number of hydrogen-bond acceptors (Lipinski definition) is 5. The summed E-state index contributed by atoms with van der Waals surface area (Å²) in [4.78, 5) is 35.9. The summed E-state index contributed by atoms with van der Waals surface area (Å²) >= 11 is 0. The predicted octanol–water partition coefficient (Wildman–Crippen LogP) is 2.47. The topological polar surface area (TPSA) is 84.9 Å². The predicted molar refractivity (Wildman–Crippen MR) is 86.3 cm³/mol. The molecule has 6 heteroatoms. The van der Waals surface area contributed by atoms with Crippen LogP contribution >= 0.6 is 0 Å². The zero-order valence-electron chi connectivity index (χ0n) is 12.8. The molecule has 0 bridgehead atoms. The molecule has 0 radical (unpaired) electrons. The van der Waals surface area contributed by atoms with E-state index in [-0.39, 0.29) is 12.2 Å². The average molecular weight is 309 g/mol. The number of H-pyrrole nitrogens is 1. The molecule has 3 aromatic rings. The Hall–Kier alpha value is -3.02. The molecule has 3 rings (SSSR count). The third-order valence-electron chi connectivity index (χ3n) is 3.52. The van der Waals surface area contributed by atoms with Gasteiger partial charge in [0.2, 0.25) is 0 Å². The van der Waals surface area contributed by atoms with Crippen molar-refractivity contribution in [3.63, 3.8) is 0 Å². The van der Waals surface area contributed by atoms with Gasteiger partial charge in [0.25, 0.3) is 5.56 Å². The maximum absolute atomic E-state index is 12.4. The molecule has 0 saturated carbocycles. The van der Waals surface area contributed by atoms with E-state index in [9.17, 15) is 9.59 Å². The number of hydrogen-bond donors (Lipinski definition) is 1. The standard InChI is InChI=1S/C17H15N3O3/c1-3-23-17(22)13-10(2)20-12-6-8-19-16(21)15(12)14(13)11-5-4-7-18-9-11/h4-9H,3H2,1-2H3,(H,19,21). The fourth-order valence-electron chi connectivity index (χ4n) is 2.60. The van der Waals surface area contributed by atoms with Crippen molar-refractivity contribution in [2.24, 2.45) is 0 Å². The number of carbonyl (C=O) groups is 1. The van der Waals surface area contributed by atoms with Crippen LogP contribution in [-0.2, 0) is 4.74 Å². The normalized spacial score (nSPS) is 10.7. The summed E-state index contributed by atoms with van der Waals surface area (Å²) in [6.07, 6.45) is 4.78. The van der Waals surface area contributed by atoms with Crippen molar-refractivity contribution in [1.29, 1.82) is 0 Å². The second-order valence-corrected chi connectivity index (χ2v) is 4.98. The van der Waals surface area contributed by atoms with Crippen LogP contribution in [0.2, 0.25) is 0 Å². The van der Waals surface area contributed by atoms with E-state index in [0.717, 1.165) is 0 Å². The molecule has 23 heavy (non-hydrogen) atoms. The lowest BCUT2D eigenvalue weighted by Gasteiger charge is -2.14. The fourth-order valence-corrected chi connectivity index (χ4v) is 2.60. The van der Waals surface area contributed by atoms with Crippen molar-refractivity contribution in [3.05, 3.63) is 58.4 Å². The van der Waals surface area contributed by atoms with Crippen LogP contribution in [-0.4, -0.2) is 27.5 Å². The van der Waals surface area contributed by atoms with E-state index in [1.807, 2.05) is 0 Å². The second kappa shape index (κ2) is 6.00. The Morgan fingerprint density at radius 3 is 2.87 bits per heavy atom. The second-order valence-electron chi connectivity index (χ2n) is 4.98. The van der Waals surface area contributed by atoms with Gasteiger partial charge in [-0.2, -0.15) is 0 Å². The molecule has 116 valence electrons. The Morgan fingerprint density at radius 2 is 2.17 bits per heavy atom. The maximum Gasteiger partial charge on any atom is 0.340 e. The number of aryl methyl sites for hydroxylation is 1.